The van der Waals surface area contributed by atoms with Gasteiger partial charge in [0.15, 0.2) is 6.34 Å². The maximum absolute atomic E-state index is 6.09. The molecule has 0 radical (unpaired) electrons. The van der Waals surface area contributed by atoms with Crippen LogP contribution in [0.2, 0.25) is 0 Å². The fourth-order valence-electron chi connectivity index (χ4n) is 0.0623. The van der Waals surface area contributed by atoms with Crippen molar-refractivity contribution in [1.29, 1.82) is 5.53 Å². The molecule has 4 heteroatoms. The highest BCUT2D eigenvalue weighted by Gasteiger charge is 1.49. The number of nitrogens with zero attached hydrogens (tertiary/aromatic N) is 3. The molecule has 0 bridgehead atoms. The van der Waals surface area contributed by atoms with Gasteiger partial charge in [0.25, 0.3) is 0 Å². The highest BCUT2D eigenvalue weighted by molar-refractivity contribution is 5.53. The molecule has 32 valence electrons. The van der Waals surface area contributed by atoms with Gasteiger partial charge in [0, 0.05) is 6.72 Å². The van der Waals surface area contributed by atoms with Gasteiger partial charge in [0.2, 0.25) is 0 Å². The van der Waals surface area contributed by atoms with Gasteiger partial charge in [-0.25, -0.2) is 5.53 Å². The third-order valence-electron chi connectivity index (χ3n) is 0.191. The van der Waals surface area contributed by atoms with Crippen LogP contribution in [0.1, 0.15) is 0 Å². The second-order valence-corrected chi connectivity index (χ2v) is 0.501. The van der Waals surface area contributed by atoms with Gasteiger partial charge in [-0.1, -0.05) is 0 Å². The molecule has 0 saturated heterocycles. The number of rotatable bonds is 2. The smallest absolute Gasteiger partial charge is 0.159 e. The Bertz CT molecular complexity index is 63.6. The summed E-state index contributed by atoms with van der Waals surface area (Å²) in [5, 5.41) is 8.91. The highest BCUT2D eigenvalue weighted by atomic mass is 15.2. The molecular formula is C2H4N4. The quantitative estimate of drug-likeness (QED) is 0.221. The second-order valence-electron chi connectivity index (χ2n) is 0.501. The average Bonchev–Trinajstić information content (AvgIpc) is 1.61. The van der Waals surface area contributed by atoms with Crippen molar-refractivity contribution in [3.63, 3.8) is 0 Å². The Kier molecular flexibility index (Phi) is 3.24. The average molecular weight is 84.1 g/mol. The first-order chi connectivity index (χ1) is 2.91. The van der Waals surface area contributed by atoms with Gasteiger partial charge in [-0.05, 0) is 0 Å². The van der Waals surface area contributed by atoms with Gasteiger partial charge in [-0.15, -0.1) is 10.2 Å². The molecule has 0 spiro atoms. The molecule has 0 unspecified atom stereocenters. The Labute approximate surface area is 35.1 Å². The summed E-state index contributed by atoms with van der Waals surface area (Å²) in [7, 11) is 0. The van der Waals surface area contributed by atoms with Crippen molar-refractivity contribution in [2.75, 3.05) is 0 Å². The molecule has 0 aliphatic carbocycles. The number of hydrogen-bond donors (Lipinski definition) is 1. The van der Waals surface area contributed by atoms with Crippen LogP contribution in [0.15, 0.2) is 15.3 Å². The third kappa shape index (κ3) is 2.94. The summed E-state index contributed by atoms with van der Waals surface area (Å²) in [6, 6.07) is 0. The minimum absolute atomic E-state index is 0.993. The first kappa shape index (κ1) is 4.94. The number of hydrogen-bond acceptors (Lipinski definition) is 3. The zero-order chi connectivity index (χ0) is 4.83. The molecule has 6 heavy (non-hydrogen) atoms. The molecule has 4 nitrogen and oxygen atoms in total. The normalized spacial score (nSPS) is 8.67. The molecule has 0 aromatic heterocycles. The monoisotopic (exact) mass is 84.0 g/mol. The minimum Gasteiger partial charge on any atom is -0.203 e. The maximum atomic E-state index is 6.09. The summed E-state index contributed by atoms with van der Waals surface area (Å²) in [6.07, 6.45) is 0.993. The van der Waals surface area contributed by atoms with Crippen molar-refractivity contribution in [2.45, 2.75) is 0 Å². The molecule has 0 fully saturated rings. The Hall–Kier alpha value is -1.06. The first-order valence-electron chi connectivity index (χ1n) is 1.26. The first-order valence-corrected chi connectivity index (χ1v) is 1.26. The van der Waals surface area contributed by atoms with Crippen LogP contribution < -0.4 is 0 Å². The van der Waals surface area contributed by atoms with Crippen molar-refractivity contribution in [3.05, 3.63) is 0 Å². The van der Waals surface area contributed by atoms with E-state index in [0.29, 0.717) is 0 Å². The Morgan fingerprint density at radius 2 is 2.33 bits per heavy atom. The SMILES string of the molecule is C=NN=CN=N. The van der Waals surface area contributed by atoms with Gasteiger partial charge in [-0.3, -0.25) is 0 Å². The summed E-state index contributed by atoms with van der Waals surface area (Å²) in [4.78, 5) is 0. The third-order valence-corrected chi connectivity index (χ3v) is 0.191. The van der Waals surface area contributed by atoms with E-state index >= 15 is 0 Å². The van der Waals surface area contributed by atoms with E-state index in [-0.39, 0.29) is 0 Å². The molecule has 0 saturated carbocycles. The molecule has 0 aliphatic heterocycles. The number of nitrogens with one attached hydrogen (secondary N) is 1. The van der Waals surface area contributed by atoms with Gasteiger partial charge in [-0.2, -0.15) is 5.10 Å². The molecule has 0 aliphatic rings. The summed E-state index contributed by atoms with van der Waals surface area (Å²) in [6.45, 7) is 3.01. The van der Waals surface area contributed by atoms with Crippen LogP contribution in [-0.2, 0) is 0 Å². The van der Waals surface area contributed by atoms with Crippen LogP contribution in [-0.4, -0.2) is 13.1 Å². The van der Waals surface area contributed by atoms with Gasteiger partial charge < -0.3 is 0 Å². The van der Waals surface area contributed by atoms with E-state index in [9.17, 15) is 0 Å². The van der Waals surface area contributed by atoms with E-state index in [1.54, 1.807) is 0 Å². The Morgan fingerprint density at radius 3 is 2.50 bits per heavy atom. The fraction of sp³-hybridized carbons (Fsp3) is 0. The molecule has 1 N–H and O–H groups in total. The lowest BCUT2D eigenvalue weighted by molar-refractivity contribution is 1.17. The van der Waals surface area contributed by atoms with E-state index in [1.165, 1.54) is 0 Å². The second kappa shape index (κ2) is 3.94. The molecular weight excluding hydrogens is 80.1 g/mol. The van der Waals surface area contributed by atoms with Crippen LogP contribution in [0, 0.1) is 5.53 Å². The van der Waals surface area contributed by atoms with Crippen LogP contribution in [0.4, 0.5) is 0 Å². The van der Waals surface area contributed by atoms with Crippen molar-refractivity contribution in [2.24, 2.45) is 15.3 Å². The fourth-order valence-corrected chi connectivity index (χ4v) is 0.0623. The highest BCUT2D eigenvalue weighted by Crippen LogP contribution is 1.59. The topological polar surface area (TPSA) is 60.9 Å². The molecule has 0 atom stereocenters. The van der Waals surface area contributed by atoms with Crippen LogP contribution in [0.3, 0.4) is 0 Å². The lowest BCUT2D eigenvalue weighted by Crippen LogP contribution is -1.52. The maximum Gasteiger partial charge on any atom is 0.159 e. The molecule has 0 rings (SSSR count). The minimum atomic E-state index is 0.993. The van der Waals surface area contributed by atoms with Crippen molar-refractivity contribution < 1.29 is 0 Å². The van der Waals surface area contributed by atoms with Crippen LogP contribution >= 0.6 is 0 Å². The summed E-state index contributed by atoms with van der Waals surface area (Å²) >= 11 is 0. The lowest BCUT2D eigenvalue weighted by atomic mass is 11.4. The van der Waals surface area contributed by atoms with Gasteiger partial charge >= 0.3 is 0 Å². The molecule has 0 aromatic carbocycles. The van der Waals surface area contributed by atoms with E-state index in [2.05, 4.69) is 22.0 Å². The van der Waals surface area contributed by atoms with Gasteiger partial charge in [0.1, 0.15) is 0 Å². The molecule has 0 aromatic rings. The van der Waals surface area contributed by atoms with Crippen LogP contribution in [0.5, 0.6) is 0 Å². The zero-order valence-electron chi connectivity index (χ0n) is 3.13. The predicted octanol–water partition coefficient (Wildman–Crippen LogP) is 0.661. The molecule has 0 amide bonds. The van der Waals surface area contributed by atoms with Crippen molar-refractivity contribution in [3.8, 4) is 0 Å². The standard InChI is InChI=1S/C2H4N4/c1-4-6-2-5-3/h2-3H,1H2. The van der Waals surface area contributed by atoms with E-state index in [4.69, 9.17) is 5.53 Å². The zero-order valence-corrected chi connectivity index (χ0v) is 3.13. The Morgan fingerprint density at radius 1 is 1.67 bits per heavy atom. The summed E-state index contributed by atoms with van der Waals surface area (Å²) < 4.78 is 0. The van der Waals surface area contributed by atoms with Gasteiger partial charge in [0.05, 0.1) is 0 Å². The lowest BCUT2D eigenvalue weighted by Gasteiger charge is -1.60. The van der Waals surface area contributed by atoms with E-state index < -0.39 is 0 Å². The van der Waals surface area contributed by atoms with Crippen LogP contribution in [0.25, 0.3) is 0 Å². The van der Waals surface area contributed by atoms with Crippen molar-refractivity contribution in [1.82, 2.24) is 0 Å². The Balaban J connectivity index is 3.17. The van der Waals surface area contributed by atoms with E-state index in [1.807, 2.05) is 0 Å². The van der Waals surface area contributed by atoms with Crippen molar-refractivity contribution >= 4 is 13.1 Å². The predicted molar refractivity (Wildman–Crippen MR) is 23.2 cm³/mol. The largest absolute Gasteiger partial charge is 0.203 e. The molecule has 0 heterocycles. The summed E-state index contributed by atoms with van der Waals surface area (Å²) in [5.41, 5.74) is 6.09. The van der Waals surface area contributed by atoms with E-state index in [0.717, 1.165) is 6.34 Å². The summed E-state index contributed by atoms with van der Waals surface area (Å²) in [5.74, 6) is 0.